The molecule has 3 aromatic carbocycles. The van der Waals surface area contributed by atoms with Gasteiger partial charge in [-0.3, -0.25) is 23.8 Å². The maximum Gasteiger partial charge on any atom is 0.255 e. The summed E-state index contributed by atoms with van der Waals surface area (Å²) in [7, 11) is 0. The molecule has 5 aromatic rings. The van der Waals surface area contributed by atoms with Crippen LogP contribution >= 0.6 is 24.4 Å². The van der Waals surface area contributed by atoms with Crippen LogP contribution in [0.15, 0.2) is 95.2 Å². The number of fused-ring (bicyclic) bond motifs is 2. The Kier molecular flexibility index (Phi) is 8.92. The van der Waals surface area contributed by atoms with Crippen molar-refractivity contribution in [3.63, 3.8) is 0 Å². The molecule has 45 heavy (non-hydrogen) atoms. The van der Waals surface area contributed by atoms with Gasteiger partial charge in [-0.25, -0.2) is 9.37 Å². The van der Waals surface area contributed by atoms with Gasteiger partial charge in [0.15, 0.2) is 0 Å². The summed E-state index contributed by atoms with van der Waals surface area (Å²) in [5, 5.41) is 9.62. The van der Waals surface area contributed by atoms with Crippen LogP contribution in [-0.4, -0.2) is 49.8 Å². The second-order valence-electron chi connectivity index (χ2n) is 10.6. The van der Waals surface area contributed by atoms with Crippen molar-refractivity contribution in [2.45, 2.75) is 19.4 Å². The van der Waals surface area contributed by atoms with Crippen molar-refractivity contribution in [2.75, 3.05) is 18.4 Å². The van der Waals surface area contributed by atoms with Crippen LogP contribution in [0.25, 0.3) is 21.9 Å². The number of H-pyrrole nitrogens is 1. The third-order valence-electron chi connectivity index (χ3n) is 7.63. The summed E-state index contributed by atoms with van der Waals surface area (Å²) < 4.78 is 29.7. The zero-order chi connectivity index (χ0) is 31.5. The first kappa shape index (κ1) is 30.4. The van der Waals surface area contributed by atoms with Crippen LogP contribution in [0.3, 0.4) is 0 Å². The summed E-state index contributed by atoms with van der Waals surface area (Å²) in [6.45, 7) is 5.79. The van der Waals surface area contributed by atoms with Gasteiger partial charge in [0.05, 0.1) is 34.2 Å². The van der Waals surface area contributed by atoms with E-state index < -0.39 is 5.95 Å². The van der Waals surface area contributed by atoms with Crippen LogP contribution in [0, 0.1) is 11.8 Å². The second-order valence-corrected chi connectivity index (χ2v) is 11.4. The molecule has 2 N–H and O–H groups in total. The van der Waals surface area contributed by atoms with Gasteiger partial charge in [0.2, 0.25) is 5.95 Å². The van der Waals surface area contributed by atoms with Crippen LogP contribution in [0.2, 0.25) is 5.02 Å². The van der Waals surface area contributed by atoms with Crippen LogP contribution in [0.1, 0.15) is 28.2 Å². The molecule has 1 aliphatic heterocycles. The lowest BCUT2D eigenvalue weighted by atomic mass is 10.0. The number of thiol groups is 1. The highest BCUT2D eigenvalue weighted by Gasteiger charge is 2.18. The van der Waals surface area contributed by atoms with E-state index >= 15 is 0 Å². The number of imidazole rings is 1. The van der Waals surface area contributed by atoms with E-state index in [4.69, 9.17) is 16.6 Å². The number of aromatic amines is 1. The molecule has 0 bridgehead atoms. The Labute approximate surface area is 268 Å². The Bertz CT molecular complexity index is 2030. The molecular formula is C33H28ClF2N7OS. The SMILES string of the molecule is C=N/C(=C\C=C/Cc1ccc(Cl)cc1F)C1=CCN(Cc2nc3cc(NC(=O)c4ccc5n[nH]c(F)c5c4)ccc3n2S)CC1. The third-order valence-corrected chi connectivity index (χ3v) is 8.31. The third kappa shape index (κ3) is 6.75. The molecule has 3 heterocycles. The molecule has 0 saturated heterocycles. The van der Waals surface area contributed by atoms with Crippen LogP contribution in [0.4, 0.5) is 14.5 Å². The number of amides is 1. The average Bonchev–Trinajstić information content (AvgIpc) is 3.56. The van der Waals surface area contributed by atoms with E-state index in [1.54, 1.807) is 40.4 Å². The predicted molar refractivity (Wildman–Crippen MR) is 178 cm³/mol. The van der Waals surface area contributed by atoms with Gasteiger partial charge >= 0.3 is 0 Å². The maximum absolute atomic E-state index is 14.0. The fourth-order valence-corrected chi connectivity index (χ4v) is 5.65. The van der Waals surface area contributed by atoms with Crippen molar-refractivity contribution < 1.29 is 13.6 Å². The monoisotopic (exact) mass is 643 g/mol. The minimum atomic E-state index is -0.584. The van der Waals surface area contributed by atoms with E-state index in [1.165, 1.54) is 12.1 Å². The highest BCUT2D eigenvalue weighted by Crippen LogP contribution is 2.26. The van der Waals surface area contributed by atoms with Crippen molar-refractivity contribution in [2.24, 2.45) is 4.99 Å². The van der Waals surface area contributed by atoms with Crippen LogP contribution in [0.5, 0.6) is 0 Å². The lowest BCUT2D eigenvalue weighted by molar-refractivity contribution is 0.102. The molecule has 12 heteroatoms. The quantitative estimate of drug-likeness (QED) is 0.0893. The molecule has 228 valence electrons. The number of allylic oxidation sites excluding steroid dienone is 4. The smallest absolute Gasteiger partial charge is 0.255 e. The van der Waals surface area contributed by atoms with E-state index in [9.17, 15) is 13.6 Å². The summed E-state index contributed by atoms with van der Waals surface area (Å²) in [6, 6.07) is 14.7. The van der Waals surface area contributed by atoms with E-state index in [0.717, 1.165) is 35.6 Å². The van der Waals surface area contributed by atoms with Gasteiger partial charge in [0.1, 0.15) is 11.6 Å². The minimum absolute atomic E-state index is 0.254. The van der Waals surface area contributed by atoms with Crippen molar-refractivity contribution in [3.8, 4) is 0 Å². The molecule has 1 amide bonds. The molecule has 0 atom stereocenters. The van der Waals surface area contributed by atoms with Crippen molar-refractivity contribution >= 4 is 64.7 Å². The van der Waals surface area contributed by atoms with Crippen molar-refractivity contribution in [1.82, 2.24) is 24.1 Å². The number of hydrogen-bond acceptors (Lipinski definition) is 6. The summed E-state index contributed by atoms with van der Waals surface area (Å²) in [4.78, 5) is 24.1. The number of halogens is 3. The normalized spacial score (nSPS) is 14.4. The first-order valence-electron chi connectivity index (χ1n) is 14.1. The number of hydrogen-bond donors (Lipinski definition) is 3. The lowest BCUT2D eigenvalue weighted by Gasteiger charge is -2.25. The molecule has 0 spiro atoms. The maximum atomic E-state index is 14.0. The topological polar surface area (TPSA) is 91.2 Å². The number of carbonyl (C=O) groups excluding carboxylic acids is 1. The van der Waals surface area contributed by atoms with Crippen molar-refractivity contribution in [1.29, 1.82) is 0 Å². The highest BCUT2D eigenvalue weighted by atomic mass is 35.5. The molecule has 0 aliphatic carbocycles. The number of carbonyl (C=O) groups is 1. The number of anilines is 1. The number of aliphatic imine (C=N–C) groups is 1. The van der Waals surface area contributed by atoms with E-state index in [2.05, 4.69) is 51.0 Å². The fraction of sp³-hybridized carbons (Fsp3) is 0.152. The van der Waals surface area contributed by atoms with Crippen LogP contribution in [-0.2, 0) is 13.0 Å². The zero-order valence-corrected chi connectivity index (χ0v) is 25.6. The number of rotatable bonds is 9. The van der Waals surface area contributed by atoms with Gasteiger partial charge in [-0.2, -0.15) is 9.49 Å². The van der Waals surface area contributed by atoms with Gasteiger partial charge in [-0.1, -0.05) is 48.7 Å². The summed E-state index contributed by atoms with van der Waals surface area (Å²) >= 11 is 10.5. The summed E-state index contributed by atoms with van der Waals surface area (Å²) in [5.74, 6) is -0.510. The Hall–Kier alpha value is -4.58. The highest BCUT2D eigenvalue weighted by molar-refractivity contribution is 7.78. The van der Waals surface area contributed by atoms with Crippen LogP contribution < -0.4 is 5.32 Å². The Morgan fingerprint density at radius 3 is 2.80 bits per heavy atom. The molecule has 0 saturated carbocycles. The predicted octanol–water partition coefficient (Wildman–Crippen LogP) is 7.30. The van der Waals surface area contributed by atoms with E-state index in [0.29, 0.717) is 52.4 Å². The molecule has 0 radical (unpaired) electrons. The summed E-state index contributed by atoms with van der Waals surface area (Å²) in [6.07, 6.45) is 8.98. The summed E-state index contributed by atoms with van der Waals surface area (Å²) in [5.41, 5.74) is 5.28. The molecule has 1 aliphatic rings. The van der Waals surface area contributed by atoms with Gasteiger partial charge in [-0.05, 0) is 85.3 Å². The van der Waals surface area contributed by atoms with E-state index in [1.807, 2.05) is 24.3 Å². The molecular weight excluding hydrogens is 616 g/mol. The molecule has 8 nitrogen and oxygen atoms in total. The second kappa shape index (κ2) is 13.2. The van der Waals surface area contributed by atoms with E-state index in [-0.39, 0.29) is 17.1 Å². The molecule has 0 unspecified atom stereocenters. The standard InChI is InChI=1S/C33H28ClF2N7OS/c1-37-27(5-3-2-4-20-6-8-23(34)17-26(20)35)21-12-14-42(15-13-21)19-31-39-29-18-24(9-11-30(29)43(31)45)38-33(44)22-7-10-28-25(16-22)32(36)41-40-28/h2-3,5-12,16-18,45H,1,4,13-15,19H2,(H,38,44)(H,40,41)/b3-2-,27-5-. The Balaban J connectivity index is 1.08. The number of aromatic nitrogens is 4. The molecule has 2 aromatic heterocycles. The Morgan fingerprint density at radius 1 is 1.16 bits per heavy atom. The number of nitrogens with zero attached hydrogens (tertiary/aromatic N) is 5. The number of benzene rings is 3. The largest absolute Gasteiger partial charge is 0.322 e. The minimum Gasteiger partial charge on any atom is -0.322 e. The van der Waals surface area contributed by atoms with Gasteiger partial charge in [-0.15, -0.1) is 0 Å². The molecule has 0 fully saturated rings. The lowest BCUT2D eigenvalue weighted by Crippen LogP contribution is -2.29. The fourth-order valence-electron chi connectivity index (χ4n) is 5.21. The molecule has 6 rings (SSSR count). The Morgan fingerprint density at radius 2 is 2.02 bits per heavy atom. The number of nitrogens with one attached hydrogen (secondary N) is 2. The van der Waals surface area contributed by atoms with Gasteiger partial charge < -0.3 is 5.32 Å². The zero-order valence-electron chi connectivity index (χ0n) is 24.0. The van der Waals surface area contributed by atoms with Gasteiger partial charge in [0.25, 0.3) is 5.91 Å². The van der Waals surface area contributed by atoms with Crippen molar-refractivity contribution in [3.05, 3.63) is 124 Å². The average molecular weight is 644 g/mol. The first-order chi connectivity index (χ1) is 21.8. The first-order valence-corrected chi connectivity index (χ1v) is 14.9. The van der Waals surface area contributed by atoms with Gasteiger partial charge in [0, 0.05) is 29.4 Å².